The van der Waals surface area contributed by atoms with Crippen LogP contribution in [0.3, 0.4) is 0 Å². The molecule has 0 radical (unpaired) electrons. The Balaban J connectivity index is 2.22. The number of fused-ring (bicyclic) bond motifs is 1. The predicted octanol–water partition coefficient (Wildman–Crippen LogP) is 2.11. The second kappa shape index (κ2) is 6.16. The van der Waals surface area contributed by atoms with Crippen LogP contribution in [-0.4, -0.2) is 14.8 Å². The van der Waals surface area contributed by atoms with Gasteiger partial charge in [0.05, 0.1) is 5.02 Å². The molecule has 0 spiro atoms. The first-order chi connectivity index (χ1) is 11.3. The summed E-state index contributed by atoms with van der Waals surface area (Å²) in [5, 5.41) is 0.333. The van der Waals surface area contributed by atoms with Crippen molar-refractivity contribution in [3.05, 3.63) is 63.4 Å². The third-order valence-corrected chi connectivity index (χ3v) is 5.00. The second-order valence-electron chi connectivity index (χ2n) is 5.35. The van der Waals surface area contributed by atoms with Crippen LogP contribution in [-0.2, 0) is 11.1 Å². The molecular weight excluding hydrogens is 351 g/mol. The fraction of sp³-hybridized carbons (Fsp3) is 0.0625. The van der Waals surface area contributed by atoms with Crippen molar-refractivity contribution in [2.45, 2.75) is 6.54 Å². The fourth-order valence-corrected chi connectivity index (χ4v) is 3.38. The van der Waals surface area contributed by atoms with E-state index in [1.807, 2.05) is 24.3 Å². The molecule has 1 aromatic heterocycles. The van der Waals surface area contributed by atoms with E-state index in [0.717, 1.165) is 11.1 Å². The van der Waals surface area contributed by atoms with Crippen molar-refractivity contribution < 1.29 is 14.4 Å². The zero-order valence-electron chi connectivity index (χ0n) is 12.4. The Morgan fingerprint density at radius 1 is 1.12 bits per heavy atom. The molecule has 6 nitrogen and oxygen atoms in total. The van der Waals surface area contributed by atoms with Crippen molar-refractivity contribution in [3.63, 3.8) is 0 Å². The van der Waals surface area contributed by atoms with E-state index in [0.29, 0.717) is 28.0 Å². The van der Waals surface area contributed by atoms with Crippen molar-refractivity contribution in [2.75, 3.05) is 0 Å². The van der Waals surface area contributed by atoms with E-state index in [1.165, 1.54) is 6.07 Å². The lowest BCUT2D eigenvalue weighted by Gasteiger charge is -2.10. The number of aromatic amines is 1. The Morgan fingerprint density at radius 3 is 2.38 bits per heavy atom. The van der Waals surface area contributed by atoms with Crippen LogP contribution in [0, 0.1) is 0 Å². The summed E-state index contributed by atoms with van der Waals surface area (Å²) in [6.07, 6.45) is 0. The molecule has 5 N–H and O–H groups in total. The Bertz CT molecular complexity index is 1020. The highest BCUT2D eigenvalue weighted by Crippen LogP contribution is 2.34. The molecule has 0 amide bonds. The number of hydrogen-bond acceptors (Lipinski definition) is 3. The zero-order chi connectivity index (χ0) is 17.5. The summed E-state index contributed by atoms with van der Waals surface area (Å²) in [5.41, 5.74) is 7.66. The summed E-state index contributed by atoms with van der Waals surface area (Å²) in [4.78, 5) is 32.8. The van der Waals surface area contributed by atoms with Crippen LogP contribution in [0.25, 0.3) is 22.0 Å². The van der Waals surface area contributed by atoms with Gasteiger partial charge in [-0.05, 0) is 34.7 Å². The van der Waals surface area contributed by atoms with E-state index in [1.54, 1.807) is 12.1 Å². The molecule has 0 aliphatic rings. The maximum Gasteiger partial charge on any atom is 0.361 e. The molecule has 1 heterocycles. The summed E-state index contributed by atoms with van der Waals surface area (Å²) in [6.45, 7) is 0.429. The highest BCUT2D eigenvalue weighted by Gasteiger charge is 2.22. The predicted molar refractivity (Wildman–Crippen MR) is 94.6 cm³/mol. The molecule has 0 unspecified atom stereocenters. The first kappa shape index (κ1) is 16.9. The SMILES string of the molecule is NCc1ccc(-c2cc3cc(P(=O)(O)O)c(=O)[nH]c3cc2Cl)cc1. The number of hydrogen-bond donors (Lipinski definition) is 4. The van der Waals surface area contributed by atoms with Crippen LogP contribution < -0.4 is 16.6 Å². The van der Waals surface area contributed by atoms with Crippen molar-refractivity contribution in [3.8, 4) is 11.1 Å². The lowest BCUT2D eigenvalue weighted by atomic mass is 10.0. The molecule has 0 atom stereocenters. The molecule has 124 valence electrons. The van der Waals surface area contributed by atoms with E-state index in [4.69, 9.17) is 17.3 Å². The summed E-state index contributed by atoms with van der Waals surface area (Å²) in [7, 11) is -4.66. The van der Waals surface area contributed by atoms with Crippen molar-refractivity contribution in [2.24, 2.45) is 5.73 Å². The van der Waals surface area contributed by atoms with Gasteiger partial charge in [0.15, 0.2) is 0 Å². The summed E-state index contributed by atoms with van der Waals surface area (Å²) in [6, 6.07) is 11.9. The normalized spacial score (nSPS) is 11.8. The van der Waals surface area contributed by atoms with Gasteiger partial charge in [-0.3, -0.25) is 9.36 Å². The summed E-state index contributed by atoms with van der Waals surface area (Å²) >= 11 is 6.29. The number of nitrogens with one attached hydrogen (secondary N) is 1. The lowest BCUT2D eigenvalue weighted by Crippen LogP contribution is -2.26. The molecule has 0 saturated carbocycles. The lowest BCUT2D eigenvalue weighted by molar-refractivity contribution is 0.387. The molecule has 0 saturated heterocycles. The molecule has 2 aromatic carbocycles. The third-order valence-electron chi connectivity index (χ3n) is 3.73. The Hall–Kier alpha value is -1.95. The quantitative estimate of drug-likeness (QED) is 0.531. The van der Waals surface area contributed by atoms with Gasteiger partial charge in [0.1, 0.15) is 5.30 Å². The summed E-state index contributed by atoms with van der Waals surface area (Å²) in [5.74, 6) is 0. The van der Waals surface area contributed by atoms with Gasteiger partial charge in [0, 0.05) is 17.6 Å². The van der Waals surface area contributed by atoms with Crippen LogP contribution in [0.1, 0.15) is 5.56 Å². The number of aromatic nitrogens is 1. The van der Waals surface area contributed by atoms with Crippen LogP contribution in [0.5, 0.6) is 0 Å². The van der Waals surface area contributed by atoms with Crippen LogP contribution in [0.2, 0.25) is 5.02 Å². The molecule has 0 aliphatic carbocycles. The van der Waals surface area contributed by atoms with E-state index >= 15 is 0 Å². The average Bonchev–Trinajstić information content (AvgIpc) is 2.53. The van der Waals surface area contributed by atoms with Crippen LogP contribution in [0.15, 0.2) is 47.3 Å². The first-order valence-corrected chi connectivity index (χ1v) is 9.00. The van der Waals surface area contributed by atoms with Crippen molar-refractivity contribution in [1.29, 1.82) is 0 Å². The molecule has 0 aliphatic heterocycles. The molecular formula is C16H14ClN2O4P. The van der Waals surface area contributed by atoms with E-state index in [-0.39, 0.29) is 0 Å². The summed E-state index contributed by atoms with van der Waals surface area (Å²) < 4.78 is 11.4. The average molecular weight is 365 g/mol. The highest BCUT2D eigenvalue weighted by atomic mass is 35.5. The topological polar surface area (TPSA) is 116 Å². The standard InChI is InChI=1S/C16H14ClN2O4P/c17-13-7-14-11(6-15(16(20)19-14)24(21,22)23)5-12(13)10-3-1-9(8-18)2-4-10/h1-7H,8,18H2,(H,19,20)(H2,21,22,23). The Labute approximate surface area is 142 Å². The molecule has 3 aromatic rings. The number of nitrogens with two attached hydrogens (primary N) is 1. The van der Waals surface area contributed by atoms with E-state index in [2.05, 4.69) is 4.98 Å². The number of halogens is 1. The minimum absolute atomic E-state index is 0.407. The molecule has 0 fully saturated rings. The number of pyridine rings is 1. The first-order valence-electron chi connectivity index (χ1n) is 7.01. The van der Waals surface area contributed by atoms with Crippen LogP contribution >= 0.6 is 19.2 Å². The molecule has 0 bridgehead atoms. The van der Waals surface area contributed by atoms with Crippen molar-refractivity contribution >= 4 is 35.4 Å². The monoisotopic (exact) mass is 364 g/mol. The zero-order valence-corrected chi connectivity index (χ0v) is 14.0. The minimum atomic E-state index is -4.66. The number of H-pyrrole nitrogens is 1. The van der Waals surface area contributed by atoms with Gasteiger partial charge in [0.2, 0.25) is 0 Å². The number of rotatable bonds is 3. The van der Waals surface area contributed by atoms with Gasteiger partial charge in [-0.15, -0.1) is 0 Å². The maximum absolute atomic E-state index is 11.8. The molecule has 8 heteroatoms. The van der Waals surface area contributed by atoms with E-state index in [9.17, 15) is 19.1 Å². The van der Waals surface area contributed by atoms with Crippen molar-refractivity contribution in [1.82, 2.24) is 4.98 Å². The maximum atomic E-state index is 11.8. The molecule has 3 rings (SSSR count). The van der Waals surface area contributed by atoms with Crippen LogP contribution in [0.4, 0.5) is 0 Å². The van der Waals surface area contributed by atoms with Gasteiger partial charge < -0.3 is 20.5 Å². The number of benzene rings is 2. The highest BCUT2D eigenvalue weighted by molar-refractivity contribution is 7.60. The van der Waals surface area contributed by atoms with Gasteiger partial charge in [-0.2, -0.15) is 0 Å². The Morgan fingerprint density at radius 2 is 1.79 bits per heavy atom. The van der Waals surface area contributed by atoms with Gasteiger partial charge in [-0.25, -0.2) is 0 Å². The Kier molecular flexibility index (Phi) is 4.34. The van der Waals surface area contributed by atoms with Gasteiger partial charge in [-0.1, -0.05) is 35.9 Å². The molecule has 24 heavy (non-hydrogen) atoms. The minimum Gasteiger partial charge on any atom is -0.326 e. The second-order valence-corrected chi connectivity index (χ2v) is 7.33. The largest absolute Gasteiger partial charge is 0.361 e. The van der Waals surface area contributed by atoms with Gasteiger partial charge >= 0.3 is 7.60 Å². The fourth-order valence-electron chi connectivity index (χ4n) is 2.47. The van der Waals surface area contributed by atoms with Gasteiger partial charge in [0.25, 0.3) is 5.56 Å². The van der Waals surface area contributed by atoms with E-state index < -0.39 is 18.5 Å². The smallest absolute Gasteiger partial charge is 0.326 e. The third kappa shape index (κ3) is 3.15.